The van der Waals surface area contributed by atoms with Gasteiger partial charge in [-0.3, -0.25) is 0 Å². The molecule has 1 aromatic heterocycles. The van der Waals surface area contributed by atoms with Crippen LogP contribution < -0.4 is 0 Å². The molecule has 7 heteroatoms. The van der Waals surface area contributed by atoms with E-state index in [0.717, 1.165) is 31.6 Å². The van der Waals surface area contributed by atoms with Gasteiger partial charge in [0.2, 0.25) is 0 Å². The van der Waals surface area contributed by atoms with Crippen molar-refractivity contribution >= 4 is 66.7 Å². The van der Waals surface area contributed by atoms with E-state index in [1.165, 1.54) is 0 Å². The number of allylic oxidation sites excluding steroid dienone is 2. The first kappa shape index (κ1) is 19.2. The fourth-order valence-electron chi connectivity index (χ4n) is 2.23. The number of rotatable bonds is 4. The van der Waals surface area contributed by atoms with E-state index in [1.807, 2.05) is 48.5 Å². The van der Waals surface area contributed by atoms with Crippen molar-refractivity contribution < 1.29 is 0 Å². The minimum atomic E-state index is 0.307. The number of halogens is 2. The Labute approximate surface area is 177 Å². The fourth-order valence-corrected chi connectivity index (χ4v) is 3.67. The Balaban J connectivity index is 1.98. The third kappa shape index (κ3) is 4.58. The maximum Gasteiger partial charge on any atom is 0.184 e. The first-order chi connectivity index (χ1) is 13.1. The summed E-state index contributed by atoms with van der Waals surface area (Å²) in [4.78, 5) is 4.40. The van der Waals surface area contributed by atoms with Gasteiger partial charge in [0.15, 0.2) is 10.8 Å². The molecule has 130 valence electrons. The summed E-state index contributed by atoms with van der Waals surface area (Å²) in [6.45, 7) is 0. The molecule has 27 heavy (non-hydrogen) atoms. The first-order valence-corrected chi connectivity index (χ1v) is 10.1. The van der Waals surface area contributed by atoms with Crippen LogP contribution in [0.2, 0.25) is 0 Å². The molecule has 0 spiro atoms. The van der Waals surface area contributed by atoms with Gasteiger partial charge in [0.1, 0.15) is 12.1 Å². The lowest BCUT2D eigenvalue weighted by atomic mass is 10.1. The molecule has 3 aromatic rings. The summed E-state index contributed by atoms with van der Waals surface area (Å²) < 4.78 is 6.03. The number of hydrogen-bond donors (Lipinski definition) is 0. The van der Waals surface area contributed by atoms with Crippen LogP contribution in [-0.2, 0) is 0 Å². The van der Waals surface area contributed by atoms with Gasteiger partial charge in [-0.2, -0.15) is 14.9 Å². The van der Waals surface area contributed by atoms with Gasteiger partial charge in [0.25, 0.3) is 0 Å². The maximum absolute atomic E-state index is 9.53. The zero-order valence-corrected chi connectivity index (χ0v) is 17.7. The number of benzene rings is 2. The van der Waals surface area contributed by atoms with Crippen LogP contribution in [0.4, 0.5) is 0 Å². The van der Waals surface area contributed by atoms with Crippen LogP contribution in [-0.4, -0.2) is 9.36 Å². The van der Waals surface area contributed by atoms with Crippen LogP contribution in [0, 0.1) is 22.7 Å². The molecule has 0 saturated heterocycles. The Morgan fingerprint density at radius 2 is 1.37 bits per heavy atom. The molecule has 0 amide bonds. The third-order valence-corrected chi connectivity index (χ3v) is 5.74. The summed E-state index contributed by atoms with van der Waals surface area (Å²) in [6.07, 6.45) is 3.47. The maximum atomic E-state index is 9.53. The Morgan fingerprint density at radius 1 is 0.852 bits per heavy atom. The van der Waals surface area contributed by atoms with Crippen LogP contribution >= 0.6 is 43.4 Å². The van der Waals surface area contributed by atoms with Crippen molar-refractivity contribution in [2.75, 3.05) is 0 Å². The molecule has 0 saturated carbocycles. The molecule has 3 rings (SSSR count). The van der Waals surface area contributed by atoms with Crippen LogP contribution in [0.3, 0.4) is 0 Å². The van der Waals surface area contributed by atoms with E-state index < -0.39 is 0 Å². The zero-order chi connectivity index (χ0) is 19.2. The number of hydrogen-bond acceptors (Lipinski definition) is 5. The standard InChI is InChI=1S/C20H10Br2N4S/c21-17-7-3-1-5-13(17)9-15(11-23)19-25-20(27-26-19)16(12-24)10-14-6-2-4-8-18(14)22/h1-10H/b15-9+,16-10+. The second-order valence-corrected chi connectivity index (χ2v) is 7.77. The molecule has 0 atom stereocenters. The van der Waals surface area contributed by atoms with Crippen molar-refractivity contribution in [1.82, 2.24) is 9.36 Å². The Morgan fingerprint density at radius 3 is 1.89 bits per heavy atom. The predicted octanol–water partition coefficient (Wildman–Crippen LogP) is 6.19. The van der Waals surface area contributed by atoms with Crippen molar-refractivity contribution in [2.24, 2.45) is 0 Å². The summed E-state index contributed by atoms with van der Waals surface area (Å²) in [5.41, 5.74) is 2.45. The van der Waals surface area contributed by atoms with E-state index >= 15 is 0 Å². The summed E-state index contributed by atoms with van der Waals surface area (Å²) in [5.74, 6) is 0.307. The Kier molecular flexibility index (Phi) is 6.31. The van der Waals surface area contributed by atoms with Gasteiger partial charge in [-0.1, -0.05) is 68.3 Å². The van der Waals surface area contributed by atoms with Crippen molar-refractivity contribution in [3.05, 3.63) is 79.4 Å². The summed E-state index contributed by atoms with van der Waals surface area (Å²) >= 11 is 8.02. The molecular weight excluding hydrogens is 488 g/mol. The number of aromatic nitrogens is 2. The quantitative estimate of drug-likeness (QED) is 0.402. The van der Waals surface area contributed by atoms with Crippen LogP contribution in [0.1, 0.15) is 22.0 Å². The number of nitriles is 2. The molecule has 1 heterocycles. The minimum Gasteiger partial charge on any atom is -0.213 e. The van der Waals surface area contributed by atoms with E-state index in [1.54, 1.807) is 12.2 Å². The highest BCUT2D eigenvalue weighted by atomic mass is 79.9. The van der Waals surface area contributed by atoms with Gasteiger partial charge < -0.3 is 0 Å². The minimum absolute atomic E-state index is 0.307. The van der Waals surface area contributed by atoms with E-state index in [0.29, 0.717) is 22.0 Å². The van der Waals surface area contributed by atoms with E-state index in [4.69, 9.17) is 0 Å². The Hall–Kier alpha value is -2.58. The second kappa shape index (κ2) is 8.88. The highest BCUT2D eigenvalue weighted by molar-refractivity contribution is 9.10. The molecule has 0 aliphatic carbocycles. The molecule has 0 bridgehead atoms. The highest BCUT2D eigenvalue weighted by Gasteiger charge is 2.13. The van der Waals surface area contributed by atoms with Crippen LogP contribution in [0.15, 0.2) is 57.5 Å². The predicted molar refractivity (Wildman–Crippen MR) is 115 cm³/mol. The fraction of sp³-hybridized carbons (Fsp3) is 0. The van der Waals surface area contributed by atoms with Crippen molar-refractivity contribution in [1.29, 1.82) is 10.5 Å². The molecule has 4 nitrogen and oxygen atoms in total. The summed E-state index contributed by atoms with van der Waals surface area (Å²) in [7, 11) is 0. The molecule has 0 aliphatic rings. The zero-order valence-electron chi connectivity index (χ0n) is 13.7. The lowest BCUT2D eigenvalue weighted by molar-refractivity contribution is 1.25. The van der Waals surface area contributed by atoms with Crippen molar-refractivity contribution in [2.45, 2.75) is 0 Å². The largest absolute Gasteiger partial charge is 0.213 e. The van der Waals surface area contributed by atoms with Crippen LogP contribution in [0.5, 0.6) is 0 Å². The first-order valence-electron chi connectivity index (χ1n) is 7.69. The molecule has 2 aromatic carbocycles. The van der Waals surface area contributed by atoms with Crippen LogP contribution in [0.25, 0.3) is 23.3 Å². The van der Waals surface area contributed by atoms with Crippen molar-refractivity contribution in [3.8, 4) is 12.1 Å². The summed E-state index contributed by atoms with van der Waals surface area (Å²) in [6, 6.07) is 19.5. The summed E-state index contributed by atoms with van der Waals surface area (Å²) in [5, 5.41) is 19.5. The average Bonchev–Trinajstić information content (AvgIpc) is 3.16. The number of nitrogens with zero attached hydrogens (tertiary/aromatic N) is 4. The monoisotopic (exact) mass is 496 g/mol. The normalized spacial score (nSPS) is 11.7. The van der Waals surface area contributed by atoms with Gasteiger partial charge >= 0.3 is 0 Å². The van der Waals surface area contributed by atoms with E-state index in [9.17, 15) is 10.5 Å². The van der Waals surface area contributed by atoms with Gasteiger partial charge in [-0.15, -0.1) is 0 Å². The molecule has 0 fully saturated rings. The average molecular weight is 498 g/mol. The molecule has 0 radical (unpaired) electrons. The second-order valence-electron chi connectivity index (χ2n) is 5.31. The van der Waals surface area contributed by atoms with Gasteiger partial charge in [-0.25, -0.2) is 4.98 Å². The van der Waals surface area contributed by atoms with E-state index in [-0.39, 0.29) is 0 Å². The molecule has 0 unspecified atom stereocenters. The SMILES string of the molecule is N#C/C(=C\c1ccccc1Br)c1nsc(/C(C#N)=C/c2ccccc2Br)n1. The van der Waals surface area contributed by atoms with Gasteiger partial charge in [0, 0.05) is 8.95 Å². The Bertz CT molecular complexity index is 1050. The molecular formula is C20H10Br2N4S. The third-order valence-electron chi connectivity index (χ3n) is 3.55. The molecule has 0 aliphatic heterocycles. The van der Waals surface area contributed by atoms with Gasteiger partial charge in [-0.05, 0) is 46.9 Å². The highest BCUT2D eigenvalue weighted by Crippen LogP contribution is 2.27. The smallest absolute Gasteiger partial charge is 0.184 e. The van der Waals surface area contributed by atoms with Gasteiger partial charge in [0.05, 0.1) is 11.1 Å². The topological polar surface area (TPSA) is 73.4 Å². The lowest BCUT2D eigenvalue weighted by Gasteiger charge is -1.99. The lowest BCUT2D eigenvalue weighted by Crippen LogP contribution is -1.88. The van der Waals surface area contributed by atoms with Crippen molar-refractivity contribution in [3.63, 3.8) is 0 Å². The molecule has 0 N–H and O–H groups in total. The van der Waals surface area contributed by atoms with E-state index in [2.05, 4.69) is 53.4 Å².